The van der Waals surface area contributed by atoms with Crippen molar-refractivity contribution in [3.8, 4) is 0 Å². The molecule has 6 nitrogen and oxygen atoms in total. The fourth-order valence-corrected chi connectivity index (χ4v) is 4.97. The van der Waals surface area contributed by atoms with E-state index in [1.54, 1.807) is 16.7 Å². The maximum Gasteiger partial charge on any atom is 0.335 e. The zero-order valence-electron chi connectivity index (χ0n) is 10.9. The van der Waals surface area contributed by atoms with Crippen LogP contribution in [0.2, 0.25) is 0 Å². The third kappa shape index (κ3) is 3.01. The maximum absolute atomic E-state index is 11.9. The molecule has 1 aliphatic heterocycles. The number of aromatic carboxylic acids is 1. The SMILES string of the molecule is CS(=O)(=O)C1CSCCN1c1cc(C(=O)O)ccc1N. The largest absolute Gasteiger partial charge is 0.478 e. The lowest BCUT2D eigenvalue weighted by molar-refractivity contribution is 0.0697. The van der Waals surface area contributed by atoms with Gasteiger partial charge in [-0.25, -0.2) is 13.2 Å². The van der Waals surface area contributed by atoms with Gasteiger partial charge >= 0.3 is 5.97 Å². The van der Waals surface area contributed by atoms with Gasteiger partial charge in [0.15, 0.2) is 9.84 Å². The van der Waals surface area contributed by atoms with E-state index < -0.39 is 21.2 Å². The molecule has 1 unspecified atom stereocenters. The molecule has 1 saturated heterocycles. The summed E-state index contributed by atoms with van der Waals surface area (Å²) in [6.07, 6.45) is 1.19. The number of carboxylic acid groups (broad SMARTS) is 1. The van der Waals surface area contributed by atoms with Gasteiger partial charge in [-0.3, -0.25) is 0 Å². The van der Waals surface area contributed by atoms with Gasteiger partial charge in [-0.15, -0.1) is 0 Å². The van der Waals surface area contributed by atoms with Crippen LogP contribution < -0.4 is 10.6 Å². The molecule has 2 rings (SSSR count). The second-order valence-corrected chi connectivity index (χ2v) is 7.98. The van der Waals surface area contributed by atoms with Crippen molar-refractivity contribution in [1.29, 1.82) is 0 Å². The third-order valence-corrected chi connectivity index (χ3v) is 5.81. The normalized spacial score (nSPS) is 19.9. The first-order valence-corrected chi connectivity index (χ1v) is 9.07. The number of anilines is 2. The highest BCUT2D eigenvalue weighted by Crippen LogP contribution is 2.31. The van der Waals surface area contributed by atoms with Crippen LogP contribution in [-0.4, -0.2) is 49.2 Å². The van der Waals surface area contributed by atoms with E-state index in [9.17, 15) is 13.2 Å². The highest BCUT2D eigenvalue weighted by molar-refractivity contribution is 8.01. The Hall–Kier alpha value is -1.41. The molecular weight excluding hydrogens is 300 g/mol. The van der Waals surface area contributed by atoms with Gasteiger partial charge < -0.3 is 15.7 Å². The minimum Gasteiger partial charge on any atom is -0.478 e. The first-order valence-electron chi connectivity index (χ1n) is 5.97. The van der Waals surface area contributed by atoms with Crippen molar-refractivity contribution in [2.24, 2.45) is 0 Å². The number of rotatable bonds is 3. The second-order valence-electron chi connectivity index (χ2n) is 4.63. The lowest BCUT2D eigenvalue weighted by Crippen LogP contribution is -2.47. The number of sulfone groups is 1. The Morgan fingerprint density at radius 3 is 2.80 bits per heavy atom. The molecule has 8 heteroatoms. The summed E-state index contributed by atoms with van der Waals surface area (Å²) in [7, 11) is -3.27. The first kappa shape index (κ1) is 15.0. The predicted octanol–water partition coefficient (Wildman–Crippen LogP) is 0.891. The molecule has 0 amide bonds. The van der Waals surface area contributed by atoms with Crippen LogP contribution in [0.4, 0.5) is 11.4 Å². The van der Waals surface area contributed by atoms with Crippen LogP contribution in [0.3, 0.4) is 0 Å². The number of nitrogens with zero attached hydrogens (tertiary/aromatic N) is 1. The molecule has 1 aliphatic rings. The molecule has 0 aromatic heterocycles. The van der Waals surface area contributed by atoms with Gasteiger partial charge in [-0.2, -0.15) is 11.8 Å². The fourth-order valence-electron chi connectivity index (χ4n) is 2.14. The Morgan fingerprint density at radius 1 is 1.50 bits per heavy atom. The Morgan fingerprint density at radius 2 is 2.20 bits per heavy atom. The molecule has 0 aliphatic carbocycles. The Balaban J connectivity index is 2.47. The average molecular weight is 316 g/mol. The lowest BCUT2D eigenvalue weighted by Gasteiger charge is -2.36. The van der Waals surface area contributed by atoms with E-state index in [-0.39, 0.29) is 5.56 Å². The Labute approximate surface area is 121 Å². The molecule has 110 valence electrons. The average Bonchev–Trinajstić information content (AvgIpc) is 2.38. The van der Waals surface area contributed by atoms with Gasteiger partial charge in [-0.1, -0.05) is 0 Å². The van der Waals surface area contributed by atoms with Crippen molar-refractivity contribution in [2.75, 3.05) is 34.9 Å². The van der Waals surface area contributed by atoms with Crippen LogP contribution in [-0.2, 0) is 9.84 Å². The topological polar surface area (TPSA) is 101 Å². The number of nitrogens with two attached hydrogens (primary N) is 1. The van der Waals surface area contributed by atoms with Crippen molar-refractivity contribution >= 4 is 38.9 Å². The molecule has 0 saturated carbocycles. The molecule has 1 heterocycles. The minimum atomic E-state index is -3.27. The predicted molar refractivity (Wildman–Crippen MR) is 81.1 cm³/mol. The number of hydrogen-bond donors (Lipinski definition) is 2. The molecule has 3 N–H and O–H groups in total. The molecule has 1 atom stereocenters. The number of thioether (sulfide) groups is 1. The van der Waals surface area contributed by atoms with Crippen LogP contribution in [0.1, 0.15) is 10.4 Å². The zero-order chi connectivity index (χ0) is 14.9. The summed E-state index contributed by atoms with van der Waals surface area (Å²) in [5.41, 5.74) is 6.84. The first-order chi connectivity index (χ1) is 9.30. The molecule has 1 aromatic rings. The van der Waals surface area contributed by atoms with Gasteiger partial charge in [0, 0.05) is 24.3 Å². The standard InChI is InChI=1S/C12H16N2O4S2/c1-20(17,18)11-7-19-5-4-14(11)10-6-8(12(15)16)2-3-9(10)13/h2-3,6,11H,4-5,7,13H2,1H3,(H,15,16). The van der Waals surface area contributed by atoms with E-state index in [2.05, 4.69) is 0 Å². The van der Waals surface area contributed by atoms with Gasteiger partial charge in [0.25, 0.3) is 0 Å². The number of nitrogen functional groups attached to an aromatic ring is 1. The molecule has 0 spiro atoms. The zero-order valence-corrected chi connectivity index (χ0v) is 12.6. The summed E-state index contributed by atoms with van der Waals surface area (Å²) < 4.78 is 23.8. The molecule has 0 bridgehead atoms. The summed E-state index contributed by atoms with van der Waals surface area (Å²) in [6, 6.07) is 4.35. The van der Waals surface area contributed by atoms with Gasteiger partial charge in [0.1, 0.15) is 5.37 Å². The summed E-state index contributed by atoms with van der Waals surface area (Å²) in [5.74, 6) is 0.173. The lowest BCUT2D eigenvalue weighted by atomic mass is 10.1. The number of carbonyl (C=O) groups is 1. The second kappa shape index (κ2) is 5.53. The van der Waals surface area contributed by atoms with E-state index in [1.165, 1.54) is 24.5 Å². The maximum atomic E-state index is 11.9. The van der Waals surface area contributed by atoms with E-state index in [0.29, 0.717) is 23.7 Å². The van der Waals surface area contributed by atoms with Gasteiger partial charge in [-0.05, 0) is 18.2 Å². The van der Waals surface area contributed by atoms with Crippen molar-refractivity contribution in [3.63, 3.8) is 0 Å². The van der Waals surface area contributed by atoms with Gasteiger partial charge in [0.05, 0.1) is 16.9 Å². The van der Waals surface area contributed by atoms with Crippen LogP contribution in [0, 0.1) is 0 Å². The molecule has 0 radical (unpaired) electrons. The fraction of sp³-hybridized carbons (Fsp3) is 0.417. The monoisotopic (exact) mass is 316 g/mol. The Bertz CT molecular complexity index is 630. The molecule has 1 fully saturated rings. The third-order valence-electron chi connectivity index (χ3n) is 3.17. The van der Waals surface area contributed by atoms with Crippen LogP contribution >= 0.6 is 11.8 Å². The Kier molecular flexibility index (Phi) is 4.14. The van der Waals surface area contributed by atoms with Crippen molar-refractivity contribution in [3.05, 3.63) is 23.8 Å². The van der Waals surface area contributed by atoms with E-state index in [0.717, 1.165) is 5.75 Å². The van der Waals surface area contributed by atoms with E-state index >= 15 is 0 Å². The summed E-state index contributed by atoms with van der Waals surface area (Å²) in [4.78, 5) is 12.7. The van der Waals surface area contributed by atoms with E-state index in [1.807, 2.05) is 0 Å². The minimum absolute atomic E-state index is 0.0969. The summed E-state index contributed by atoms with van der Waals surface area (Å²) in [6.45, 7) is 0.523. The van der Waals surface area contributed by atoms with Crippen molar-refractivity contribution in [1.82, 2.24) is 0 Å². The van der Waals surface area contributed by atoms with Crippen molar-refractivity contribution < 1.29 is 18.3 Å². The highest BCUT2D eigenvalue weighted by Gasteiger charge is 2.32. The number of benzene rings is 1. The quantitative estimate of drug-likeness (QED) is 0.799. The van der Waals surface area contributed by atoms with Crippen LogP contribution in [0.25, 0.3) is 0 Å². The number of hydrogen-bond acceptors (Lipinski definition) is 6. The smallest absolute Gasteiger partial charge is 0.335 e. The summed E-state index contributed by atoms with van der Waals surface area (Å²) >= 11 is 1.57. The van der Waals surface area contributed by atoms with Gasteiger partial charge in [0.2, 0.25) is 0 Å². The molecular formula is C12H16N2O4S2. The number of carboxylic acids is 1. The molecule has 1 aromatic carbocycles. The van der Waals surface area contributed by atoms with Crippen molar-refractivity contribution in [2.45, 2.75) is 5.37 Å². The highest BCUT2D eigenvalue weighted by atomic mass is 32.2. The summed E-state index contributed by atoms with van der Waals surface area (Å²) in [5, 5.41) is 8.37. The van der Waals surface area contributed by atoms with Crippen LogP contribution in [0.15, 0.2) is 18.2 Å². The van der Waals surface area contributed by atoms with Crippen LogP contribution in [0.5, 0.6) is 0 Å². The van der Waals surface area contributed by atoms with E-state index in [4.69, 9.17) is 10.8 Å². The molecule has 20 heavy (non-hydrogen) atoms.